The fourth-order valence-corrected chi connectivity index (χ4v) is 2.94. The number of anilines is 1. The number of fused-ring (bicyclic) bond motifs is 1. The highest BCUT2D eigenvalue weighted by molar-refractivity contribution is 6.17. The largest absolute Gasteiger partial charge is 0.366 e. The van der Waals surface area contributed by atoms with Crippen LogP contribution >= 0.6 is 0 Å². The summed E-state index contributed by atoms with van der Waals surface area (Å²) in [4.78, 5) is 28.4. The molecule has 0 saturated heterocycles. The van der Waals surface area contributed by atoms with E-state index in [1.807, 2.05) is 53.4 Å². The van der Waals surface area contributed by atoms with Crippen molar-refractivity contribution in [3.8, 4) is 5.69 Å². The molecule has 26 heavy (non-hydrogen) atoms. The Morgan fingerprint density at radius 1 is 1.08 bits per heavy atom. The van der Waals surface area contributed by atoms with E-state index >= 15 is 0 Å². The lowest BCUT2D eigenvalue weighted by molar-refractivity contribution is -0.115. The molecule has 0 atom stereocenters. The molecular weight excluding hydrogens is 328 g/mol. The number of benzene rings is 2. The van der Waals surface area contributed by atoms with Crippen LogP contribution in [0.5, 0.6) is 0 Å². The molecule has 0 unspecified atom stereocenters. The summed E-state index contributed by atoms with van der Waals surface area (Å²) in [7, 11) is 0. The van der Waals surface area contributed by atoms with Crippen molar-refractivity contribution < 1.29 is 9.59 Å². The molecule has 0 bridgehead atoms. The predicted molar refractivity (Wildman–Crippen MR) is 100 cm³/mol. The van der Waals surface area contributed by atoms with Crippen molar-refractivity contribution in [3.05, 3.63) is 78.1 Å². The highest BCUT2D eigenvalue weighted by Crippen LogP contribution is 2.31. The lowest BCUT2D eigenvalue weighted by atomic mass is 10.0. The third-order valence-corrected chi connectivity index (χ3v) is 4.22. The van der Waals surface area contributed by atoms with Crippen LogP contribution in [0.4, 0.5) is 11.4 Å². The molecule has 0 saturated carbocycles. The summed E-state index contributed by atoms with van der Waals surface area (Å²) in [5.74, 6) is -0.668. The quantitative estimate of drug-likeness (QED) is 0.765. The molecule has 6 heteroatoms. The summed E-state index contributed by atoms with van der Waals surface area (Å²) >= 11 is 0. The van der Waals surface area contributed by atoms with Gasteiger partial charge < -0.3 is 15.6 Å². The normalized spacial score (nSPS) is 13.4. The van der Waals surface area contributed by atoms with Crippen LogP contribution in [-0.2, 0) is 4.79 Å². The summed E-state index contributed by atoms with van der Waals surface area (Å²) in [6, 6.07) is 16.4. The highest BCUT2D eigenvalue weighted by Gasteiger charge is 2.18. The molecule has 1 aliphatic rings. The molecule has 0 radical (unpaired) electrons. The molecule has 6 nitrogen and oxygen atoms in total. The molecule has 0 spiro atoms. The van der Waals surface area contributed by atoms with E-state index in [-0.39, 0.29) is 12.3 Å². The van der Waals surface area contributed by atoms with Crippen LogP contribution in [0, 0.1) is 0 Å². The van der Waals surface area contributed by atoms with E-state index in [2.05, 4.69) is 10.3 Å². The van der Waals surface area contributed by atoms with Crippen molar-refractivity contribution in [2.45, 2.75) is 6.42 Å². The second-order valence-corrected chi connectivity index (χ2v) is 6.02. The fraction of sp³-hybridized carbons (Fsp3) is 0.0500. The van der Waals surface area contributed by atoms with E-state index in [1.165, 1.54) is 0 Å². The molecule has 3 aromatic rings. The number of rotatable bonds is 3. The zero-order chi connectivity index (χ0) is 18.1. The van der Waals surface area contributed by atoms with Gasteiger partial charge in [-0.25, -0.2) is 0 Å². The van der Waals surface area contributed by atoms with E-state index in [9.17, 15) is 9.59 Å². The van der Waals surface area contributed by atoms with E-state index in [1.54, 1.807) is 18.2 Å². The monoisotopic (exact) mass is 344 g/mol. The minimum absolute atomic E-state index is 0.121. The average Bonchev–Trinajstić information content (AvgIpc) is 3.11. The number of aliphatic imine (C=N–C) groups is 1. The first-order chi connectivity index (χ1) is 12.6. The van der Waals surface area contributed by atoms with Gasteiger partial charge in [-0.05, 0) is 48.0 Å². The van der Waals surface area contributed by atoms with E-state index in [4.69, 9.17) is 5.73 Å². The first-order valence-corrected chi connectivity index (χ1v) is 8.15. The molecule has 2 aromatic carbocycles. The number of primary amides is 1. The zero-order valence-electron chi connectivity index (χ0n) is 13.8. The number of amides is 2. The Morgan fingerprint density at radius 2 is 1.88 bits per heavy atom. The average molecular weight is 344 g/mol. The van der Waals surface area contributed by atoms with Crippen LogP contribution in [0.2, 0.25) is 0 Å². The number of nitrogens with zero attached hydrogens (tertiary/aromatic N) is 2. The predicted octanol–water partition coefficient (Wildman–Crippen LogP) is 3.04. The fourth-order valence-electron chi connectivity index (χ4n) is 2.94. The molecule has 1 aromatic heterocycles. The number of nitrogens with two attached hydrogens (primary N) is 1. The minimum atomic E-state index is -0.512. The smallest absolute Gasteiger partial charge is 0.248 e. The summed E-state index contributed by atoms with van der Waals surface area (Å²) in [6.07, 6.45) is 3.99. The van der Waals surface area contributed by atoms with Crippen LogP contribution in [0.15, 0.2) is 72.0 Å². The Balaban J connectivity index is 1.78. The Morgan fingerprint density at radius 3 is 2.65 bits per heavy atom. The van der Waals surface area contributed by atoms with Gasteiger partial charge in [0.1, 0.15) is 0 Å². The van der Waals surface area contributed by atoms with Crippen molar-refractivity contribution in [3.63, 3.8) is 0 Å². The van der Waals surface area contributed by atoms with E-state index in [0.29, 0.717) is 28.2 Å². The molecule has 1 aliphatic heterocycles. The molecule has 4 rings (SSSR count). The van der Waals surface area contributed by atoms with Gasteiger partial charge >= 0.3 is 0 Å². The van der Waals surface area contributed by atoms with Gasteiger partial charge in [0, 0.05) is 23.6 Å². The van der Waals surface area contributed by atoms with E-state index < -0.39 is 5.91 Å². The first-order valence-electron chi connectivity index (χ1n) is 8.15. The topological polar surface area (TPSA) is 89.5 Å². The zero-order valence-corrected chi connectivity index (χ0v) is 13.8. The van der Waals surface area contributed by atoms with Crippen LogP contribution in [0.1, 0.15) is 22.3 Å². The maximum atomic E-state index is 12.4. The Hall–Kier alpha value is -3.67. The molecule has 3 N–H and O–H groups in total. The van der Waals surface area contributed by atoms with Crippen LogP contribution in [0.3, 0.4) is 0 Å². The van der Waals surface area contributed by atoms with Crippen molar-refractivity contribution in [2.24, 2.45) is 10.7 Å². The third kappa shape index (κ3) is 3.00. The lowest BCUT2D eigenvalue weighted by Crippen LogP contribution is -2.16. The van der Waals surface area contributed by atoms with Gasteiger partial charge in [-0.2, -0.15) is 0 Å². The van der Waals surface area contributed by atoms with Gasteiger partial charge in [0.05, 0.1) is 23.5 Å². The van der Waals surface area contributed by atoms with Crippen molar-refractivity contribution in [1.82, 2.24) is 4.57 Å². The standard InChI is InChI=1S/C20H16N4O2/c21-20(26)14-5-3-4-13(10-14)17-12-19(25)23-18-11-15(6-7-16(18)22-17)24-8-1-2-9-24/h1-11H,12H2,(H2,21,26)(H,23,25). The van der Waals surface area contributed by atoms with Gasteiger partial charge in [-0.1, -0.05) is 12.1 Å². The number of nitrogens with one attached hydrogen (secondary N) is 1. The number of carbonyl (C=O) groups is 2. The SMILES string of the molecule is NC(=O)c1cccc(C2=Nc3ccc(-n4cccc4)cc3NC(=O)C2)c1. The van der Waals surface area contributed by atoms with Crippen LogP contribution in [-0.4, -0.2) is 22.1 Å². The lowest BCUT2D eigenvalue weighted by Gasteiger charge is -2.08. The van der Waals surface area contributed by atoms with Crippen molar-refractivity contribution in [2.75, 3.05) is 5.32 Å². The minimum Gasteiger partial charge on any atom is -0.366 e. The summed E-state index contributed by atoms with van der Waals surface area (Å²) in [5, 5.41) is 2.90. The van der Waals surface area contributed by atoms with E-state index in [0.717, 1.165) is 5.69 Å². The molecule has 0 fully saturated rings. The van der Waals surface area contributed by atoms with Gasteiger partial charge in [-0.15, -0.1) is 0 Å². The highest BCUT2D eigenvalue weighted by atomic mass is 16.2. The second-order valence-electron chi connectivity index (χ2n) is 6.02. The van der Waals surface area contributed by atoms with Crippen molar-refractivity contribution >= 4 is 28.9 Å². The molecule has 2 heterocycles. The summed E-state index contributed by atoms with van der Waals surface area (Å²) < 4.78 is 1.96. The molecular formula is C20H16N4O2. The van der Waals surface area contributed by atoms with Crippen LogP contribution < -0.4 is 11.1 Å². The first kappa shape index (κ1) is 15.8. The van der Waals surface area contributed by atoms with Crippen molar-refractivity contribution in [1.29, 1.82) is 0 Å². The maximum Gasteiger partial charge on any atom is 0.248 e. The second kappa shape index (κ2) is 6.33. The summed E-state index contributed by atoms with van der Waals surface area (Å²) in [5.41, 5.74) is 9.30. The number of aromatic nitrogens is 1. The number of hydrogen-bond acceptors (Lipinski definition) is 3. The van der Waals surface area contributed by atoms with Gasteiger partial charge in [0.15, 0.2) is 0 Å². The maximum absolute atomic E-state index is 12.4. The van der Waals surface area contributed by atoms with Crippen LogP contribution in [0.25, 0.3) is 5.69 Å². The molecule has 0 aliphatic carbocycles. The summed E-state index contributed by atoms with van der Waals surface area (Å²) in [6.45, 7) is 0. The Bertz CT molecular complexity index is 1040. The Kier molecular flexibility index (Phi) is 3.85. The Labute approximate surface area is 150 Å². The molecule has 2 amide bonds. The van der Waals surface area contributed by atoms with Gasteiger partial charge in [0.25, 0.3) is 0 Å². The molecule has 128 valence electrons. The number of hydrogen-bond donors (Lipinski definition) is 2. The number of carbonyl (C=O) groups excluding carboxylic acids is 2. The third-order valence-electron chi connectivity index (χ3n) is 4.22. The van der Waals surface area contributed by atoms with Gasteiger partial charge in [0.2, 0.25) is 11.8 Å². The van der Waals surface area contributed by atoms with Gasteiger partial charge in [-0.3, -0.25) is 14.6 Å².